The standard InChI is InChI=1S/C16H25N3O/c1-4-18-16(20)13-5-6-14(17)15(9-13)19-8-7-11(2)12(3)10-19/h5-6,9,11-12H,4,7-8,10,17H2,1-3H3,(H,18,20). The van der Waals surface area contributed by atoms with E-state index < -0.39 is 0 Å². The van der Waals surface area contributed by atoms with Gasteiger partial charge in [-0.3, -0.25) is 4.79 Å². The molecule has 0 spiro atoms. The van der Waals surface area contributed by atoms with E-state index in [1.165, 1.54) is 6.42 Å². The summed E-state index contributed by atoms with van der Waals surface area (Å²) in [6.45, 7) is 9.15. The van der Waals surface area contributed by atoms with Gasteiger partial charge in [-0.15, -0.1) is 0 Å². The summed E-state index contributed by atoms with van der Waals surface area (Å²) in [5.74, 6) is 1.36. The Morgan fingerprint density at radius 1 is 1.40 bits per heavy atom. The highest BCUT2D eigenvalue weighted by molar-refractivity contribution is 5.96. The topological polar surface area (TPSA) is 58.4 Å². The zero-order chi connectivity index (χ0) is 14.7. The molecule has 1 aromatic carbocycles. The molecule has 1 aliphatic heterocycles. The minimum absolute atomic E-state index is 0.0350. The molecule has 0 radical (unpaired) electrons. The fourth-order valence-corrected chi connectivity index (χ4v) is 2.70. The number of nitrogens with zero attached hydrogens (tertiary/aromatic N) is 1. The van der Waals surface area contributed by atoms with Gasteiger partial charge in [0.05, 0.1) is 11.4 Å². The van der Waals surface area contributed by atoms with Crippen molar-refractivity contribution in [1.82, 2.24) is 5.32 Å². The summed E-state index contributed by atoms with van der Waals surface area (Å²) in [5.41, 5.74) is 8.53. The smallest absolute Gasteiger partial charge is 0.251 e. The van der Waals surface area contributed by atoms with E-state index in [1.807, 2.05) is 19.1 Å². The predicted octanol–water partition coefficient (Wildman–Crippen LogP) is 2.50. The van der Waals surface area contributed by atoms with Gasteiger partial charge in [-0.25, -0.2) is 0 Å². The highest BCUT2D eigenvalue weighted by atomic mass is 16.1. The average Bonchev–Trinajstić information content (AvgIpc) is 2.43. The first-order valence-electron chi connectivity index (χ1n) is 7.45. The molecule has 2 unspecified atom stereocenters. The van der Waals surface area contributed by atoms with Crippen LogP contribution in [-0.2, 0) is 0 Å². The normalized spacial score (nSPS) is 22.6. The van der Waals surface area contributed by atoms with Crippen molar-refractivity contribution in [1.29, 1.82) is 0 Å². The Balaban J connectivity index is 2.22. The molecule has 1 saturated heterocycles. The molecule has 1 aliphatic rings. The second-order valence-electron chi connectivity index (χ2n) is 5.82. The van der Waals surface area contributed by atoms with Gasteiger partial charge in [-0.1, -0.05) is 13.8 Å². The Bertz CT molecular complexity index is 487. The monoisotopic (exact) mass is 275 g/mol. The SMILES string of the molecule is CCNC(=O)c1ccc(N)c(N2CCC(C)C(C)C2)c1. The summed E-state index contributed by atoms with van der Waals surface area (Å²) in [6.07, 6.45) is 1.17. The Morgan fingerprint density at radius 2 is 2.15 bits per heavy atom. The number of hydrogen-bond acceptors (Lipinski definition) is 3. The molecule has 4 heteroatoms. The first-order chi connectivity index (χ1) is 9.52. The van der Waals surface area contributed by atoms with Crippen LogP contribution in [0.4, 0.5) is 11.4 Å². The Morgan fingerprint density at radius 3 is 2.80 bits per heavy atom. The number of hydrogen-bond donors (Lipinski definition) is 2. The number of nitrogens with one attached hydrogen (secondary N) is 1. The molecule has 0 aromatic heterocycles. The van der Waals surface area contributed by atoms with E-state index in [4.69, 9.17) is 5.73 Å². The van der Waals surface area contributed by atoms with Crippen LogP contribution in [0.15, 0.2) is 18.2 Å². The van der Waals surface area contributed by atoms with Crippen molar-refractivity contribution in [3.05, 3.63) is 23.8 Å². The molecule has 2 rings (SSSR count). The molecule has 1 aromatic rings. The van der Waals surface area contributed by atoms with E-state index in [2.05, 4.69) is 24.1 Å². The number of carbonyl (C=O) groups excluding carboxylic acids is 1. The van der Waals surface area contributed by atoms with Crippen molar-refractivity contribution < 1.29 is 4.79 Å². The van der Waals surface area contributed by atoms with Crippen LogP contribution >= 0.6 is 0 Å². The average molecular weight is 275 g/mol. The van der Waals surface area contributed by atoms with Crippen molar-refractivity contribution in [3.8, 4) is 0 Å². The number of amides is 1. The van der Waals surface area contributed by atoms with Crippen molar-refractivity contribution in [3.63, 3.8) is 0 Å². The van der Waals surface area contributed by atoms with E-state index in [1.54, 1.807) is 6.07 Å². The second kappa shape index (κ2) is 6.16. The number of rotatable bonds is 3. The molecule has 0 saturated carbocycles. The van der Waals surface area contributed by atoms with Gasteiger partial charge in [0.25, 0.3) is 5.91 Å². The van der Waals surface area contributed by atoms with E-state index in [0.717, 1.165) is 30.4 Å². The molecule has 1 fully saturated rings. The molecule has 0 aliphatic carbocycles. The Hall–Kier alpha value is -1.71. The van der Waals surface area contributed by atoms with Crippen LogP contribution in [0.2, 0.25) is 0 Å². The number of benzene rings is 1. The third-order valence-electron chi connectivity index (χ3n) is 4.30. The minimum Gasteiger partial charge on any atom is -0.397 e. The van der Waals surface area contributed by atoms with Gasteiger partial charge in [0.1, 0.15) is 0 Å². The van der Waals surface area contributed by atoms with E-state index in [9.17, 15) is 4.79 Å². The van der Waals surface area contributed by atoms with Crippen molar-refractivity contribution in [2.24, 2.45) is 11.8 Å². The van der Waals surface area contributed by atoms with Gasteiger partial charge >= 0.3 is 0 Å². The quantitative estimate of drug-likeness (QED) is 0.833. The zero-order valence-corrected chi connectivity index (χ0v) is 12.6. The number of nitrogen functional groups attached to an aromatic ring is 1. The van der Waals surface area contributed by atoms with Crippen LogP contribution in [0.5, 0.6) is 0 Å². The van der Waals surface area contributed by atoms with E-state index in [-0.39, 0.29) is 5.91 Å². The summed E-state index contributed by atoms with van der Waals surface area (Å²) >= 11 is 0. The van der Waals surface area contributed by atoms with Crippen LogP contribution in [0.1, 0.15) is 37.6 Å². The third kappa shape index (κ3) is 3.06. The van der Waals surface area contributed by atoms with Crippen molar-refractivity contribution in [2.75, 3.05) is 30.3 Å². The summed E-state index contributed by atoms with van der Waals surface area (Å²) in [7, 11) is 0. The zero-order valence-electron chi connectivity index (χ0n) is 12.6. The van der Waals surface area contributed by atoms with Crippen LogP contribution in [0.25, 0.3) is 0 Å². The maximum Gasteiger partial charge on any atom is 0.251 e. The number of piperidine rings is 1. The minimum atomic E-state index is -0.0350. The van der Waals surface area contributed by atoms with Crippen LogP contribution < -0.4 is 16.0 Å². The van der Waals surface area contributed by atoms with Crippen molar-refractivity contribution in [2.45, 2.75) is 27.2 Å². The Kier molecular flexibility index (Phi) is 4.53. The predicted molar refractivity (Wildman–Crippen MR) is 84.0 cm³/mol. The lowest BCUT2D eigenvalue weighted by molar-refractivity contribution is 0.0956. The lowest BCUT2D eigenvalue weighted by atomic mass is 9.88. The molecule has 2 atom stereocenters. The molecule has 110 valence electrons. The van der Waals surface area contributed by atoms with Gasteiger partial charge < -0.3 is 16.0 Å². The maximum absolute atomic E-state index is 11.9. The Labute approximate surface area is 121 Å². The molecule has 20 heavy (non-hydrogen) atoms. The molecule has 4 nitrogen and oxygen atoms in total. The number of anilines is 2. The van der Waals surface area contributed by atoms with Crippen LogP contribution in [-0.4, -0.2) is 25.5 Å². The highest BCUT2D eigenvalue weighted by Gasteiger charge is 2.24. The van der Waals surface area contributed by atoms with Gasteiger partial charge in [0, 0.05) is 25.2 Å². The molecule has 1 amide bonds. The fourth-order valence-electron chi connectivity index (χ4n) is 2.70. The fraction of sp³-hybridized carbons (Fsp3) is 0.562. The summed E-state index contributed by atoms with van der Waals surface area (Å²) in [5, 5.41) is 2.83. The van der Waals surface area contributed by atoms with Gasteiger partial charge in [-0.2, -0.15) is 0 Å². The largest absolute Gasteiger partial charge is 0.397 e. The lowest BCUT2D eigenvalue weighted by Gasteiger charge is -2.37. The summed E-state index contributed by atoms with van der Waals surface area (Å²) in [6, 6.07) is 5.55. The first-order valence-corrected chi connectivity index (χ1v) is 7.45. The summed E-state index contributed by atoms with van der Waals surface area (Å²) < 4.78 is 0. The van der Waals surface area contributed by atoms with Gasteiger partial charge in [0.15, 0.2) is 0 Å². The summed E-state index contributed by atoms with van der Waals surface area (Å²) in [4.78, 5) is 14.2. The van der Waals surface area contributed by atoms with Crippen LogP contribution in [0.3, 0.4) is 0 Å². The van der Waals surface area contributed by atoms with Crippen LogP contribution in [0, 0.1) is 11.8 Å². The lowest BCUT2D eigenvalue weighted by Crippen LogP contribution is -2.39. The molecule has 1 heterocycles. The molecule has 3 N–H and O–H groups in total. The first kappa shape index (κ1) is 14.7. The highest BCUT2D eigenvalue weighted by Crippen LogP contribution is 2.31. The number of carbonyl (C=O) groups is 1. The number of nitrogens with two attached hydrogens (primary N) is 1. The van der Waals surface area contributed by atoms with E-state index in [0.29, 0.717) is 18.0 Å². The van der Waals surface area contributed by atoms with Crippen molar-refractivity contribution >= 4 is 17.3 Å². The molecular formula is C16H25N3O. The molecule has 0 bridgehead atoms. The van der Waals surface area contributed by atoms with Gasteiger partial charge in [-0.05, 0) is 43.4 Å². The van der Waals surface area contributed by atoms with E-state index >= 15 is 0 Å². The maximum atomic E-state index is 11.9. The third-order valence-corrected chi connectivity index (χ3v) is 4.30. The molecular weight excluding hydrogens is 250 g/mol. The van der Waals surface area contributed by atoms with Gasteiger partial charge in [0.2, 0.25) is 0 Å². The second-order valence-corrected chi connectivity index (χ2v) is 5.82.